The number of methoxy groups -OCH3 is 1. The van der Waals surface area contributed by atoms with E-state index in [0.717, 1.165) is 0 Å². The van der Waals surface area contributed by atoms with Crippen LogP contribution in [0.1, 0.15) is 10.4 Å². The summed E-state index contributed by atoms with van der Waals surface area (Å²) in [4.78, 5) is 14.8. The molecule has 0 radical (unpaired) electrons. The Hall–Kier alpha value is -2.07. The third-order valence-electron chi connectivity index (χ3n) is 2.47. The van der Waals surface area contributed by atoms with E-state index in [1.807, 2.05) is 0 Å². The SMILES string of the molecule is COc1ccc(Cl)c(-c2cncc(C(=O)O)c2)c1. The highest BCUT2D eigenvalue weighted by molar-refractivity contribution is 6.33. The number of nitrogens with zero attached hydrogens (tertiary/aromatic N) is 1. The number of carboxylic acids is 1. The first-order valence-electron chi connectivity index (χ1n) is 5.14. The van der Waals surface area contributed by atoms with Crippen LogP contribution in [0.3, 0.4) is 0 Å². The van der Waals surface area contributed by atoms with Gasteiger partial charge in [-0.05, 0) is 24.3 Å². The molecule has 92 valence electrons. The van der Waals surface area contributed by atoms with Crippen LogP contribution in [0.5, 0.6) is 5.75 Å². The molecule has 0 saturated carbocycles. The molecule has 2 aromatic rings. The molecular weight excluding hydrogens is 254 g/mol. The number of halogens is 1. The molecular formula is C13H10ClNO3. The van der Waals surface area contributed by atoms with Crippen LogP contribution in [0.2, 0.25) is 5.02 Å². The molecule has 0 atom stereocenters. The first-order valence-corrected chi connectivity index (χ1v) is 5.52. The molecule has 0 bridgehead atoms. The van der Waals surface area contributed by atoms with Crippen molar-refractivity contribution < 1.29 is 14.6 Å². The second-order valence-corrected chi connectivity index (χ2v) is 4.02. The number of hydrogen-bond acceptors (Lipinski definition) is 3. The highest BCUT2D eigenvalue weighted by Gasteiger charge is 2.09. The summed E-state index contributed by atoms with van der Waals surface area (Å²) in [5.74, 6) is -0.376. The maximum Gasteiger partial charge on any atom is 0.337 e. The van der Waals surface area contributed by atoms with Gasteiger partial charge in [0.25, 0.3) is 0 Å². The fourth-order valence-corrected chi connectivity index (χ4v) is 1.78. The molecule has 1 aromatic heterocycles. The first kappa shape index (κ1) is 12.4. The smallest absolute Gasteiger partial charge is 0.337 e. The number of carbonyl (C=O) groups is 1. The molecule has 0 saturated heterocycles. The Morgan fingerprint density at radius 3 is 2.78 bits per heavy atom. The maximum atomic E-state index is 10.9. The number of pyridine rings is 1. The molecule has 0 aliphatic rings. The fourth-order valence-electron chi connectivity index (χ4n) is 1.56. The van der Waals surface area contributed by atoms with Gasteiger partial charge in [0.2, 0.25) is 0 Å². The van der Waals surface area contributed by atoms with E-state index in [0.29, 0.717) is 21.9 Å². The van der Waals surface area contributed by atoms with Crippen molar-refractivity contribution >= 4 is 17.6 Å². The molecule has 1 N–H and O–H groups in total. The fraction of sp³-hybridized carbons (Fsp3) is 0.0769. The lowest BCUT2D eigenvalue weighted by Gasteiger charge is -2.07. The summed E-state index contributed by atoms with van der Waals surface area (Å²) in [5, 5.41) is 9.44. The van der Waals surface area contributed by atoms with Crippen LogP contribution in [0, 0.1) is 0 Å². The number of benzene rings is 1. The van der Waals surface area contributed by atoms with Gasteiger partial charge in [0.1, 0.15) is 5.75 Å². The second-order valence-electron chi connectivity index (χ2n) is 3.61. The maximum absolute atomic E-state index is 10.9. The number of carboxylic acid groups (broad SMARTS) is 1. The molecule has 0 unspecified atom stereocenters. The van der Waals surface area contributed by atoms with Gasteiger partial charge in [-0.15, -0.1) is 0 Å². The highest BCUT2D eigenvalue weighted by atomic mass is 35.5. The molecule has 0 amide bonds. The summed E-state index contributed by atoms with van der Waals surface area (Å²) in [5.41, 5.74) is 1.44. The molecule has 2 rings (SSSR count). The lowest BCUT2D eigenvalue weighted by Crippen LogP contribution is -1.97. The molecule has 1 heterocycles. The first-order chi connectivity index (χ1) is 8.61. The quantitative estimate of drug-likeness (QED) is 0.924. The van der Waals surface area contributed by atoms with Gasteiger partial charge in [-0.1, -0.05) is 11.6 Å². The number of aromatic carboxylic acids is 1. The van der Waals surface area contributed by atoms with E-state index in [1.54, 1.807) is 31.5 Å². The van der Waals surface area contributed by atoms with E-state index in [1.165, 1.54) is 12.3 Å². The Morgan fingerprint density at radius 2 is 2.11 bits per heavy atom. The number of hydrogen-bond donors (Lipinski definition) is 1. The summed E-state index contributed by atoms with van der Waals surface area (Å²) in [6.07, 6.45) is 2.85. The minimum atomic E-state index is -1.02. The summed E-state index contributed by atoms with van der Waals surface area (Å²) in [7, 11) is 1.55. The van der Waals surface area contributed by atoms with Crippen molar-refractivity contribution in [2.45, 2.75) is 0 Å². The lowest BCUT2D eigenvalue weighted by molar-refractivity contribution is 0.0696. The Labute approximate surface area is 109 Å². The van der Waals surface area contributed by atoms with Gasteiger partial charge in [-0.25, -0.2) is 4.79 Å². The van der Waals surface area contributed by atoms with Gasteiger partial charge >= 0.3 is 5.97 Å². The highest BCUT2D eigenvalue weighted by Crippen LogP contribution is 2.31. The summed E-state index contributed by atoms with van der Waals surface area (Å²) < 4.78 is 5.11. The van der Waals surface area contributed by atoms with Gasteiger partial charge in [0, 0.05) is 28.5 Å². The monoisotopic (exact) mass is 263 g/mol. The van der Waals surface area contributed by atoms with Crippen LogP contribution in [-0.4, -0.2) is 23.2 Å². The average molecular weight is 264 g/mol. The third kappa shape index (κ3) is 2.43. The van der Waals surface area contributed by atoms with Gasteiger partial charge in [0.05, 0.1) is 12.7 Å². The standard InChI is InChI=1S/C13H10ClNO3/c1-18-10-2-3-12(14)11(5-10)8-4-9(13(16)17)7-15-6-8/h2-7H,1H3,(H,16,17). The third-order valence-corrected chi connectivity index (χ3v) is 2.80. The normalized spacial score (nSPS) is 10.1. The minimum absolute atomic E-state index is 0.117. The largest absolute Gasteiger partial charge is 0.497 e. The van der Waals surface area contributed by atoms with Crippen molar-refractivity contribution in [1.29, 1.82) is 0 Å². The van der Waals surface area contributed by atoms with Crippen molar-refractivity contribution in [3.05, 3.63) is 47.2 Å². The van der Waals surface area contributed by atoms with Gasteiger partial charge in [0.15, 0.2) is 0 Å². The number of rotatable bonds is 3. The molecule has 0 fully saturated rings. The van der Waals surface area contributed by atoms with Gasteiger partial charge in [-0.2, -0.15) is 0 Å². The predicted molar refractivity (Wildman–Crippen MR) is 68.2 cm³/mol. The van der Waals surface area contributed by atoms with Crippen LogP contribution in [-0.2, 0) is 0 Å². The summed E-state index contributed by atoms with van der Waals surface area (Å²) >= 11 is 6.09. The van der Waals surface area contributed by atoms with Crippen molar-refractivity contribution in [3.8, 4) is 16.9 Å². The van der Waals surface area contributed by atoms with E-state index in [4.69, 9.17) is 21.4 Å². The van der Waals surface area contributed by atoms with E-state index >= 15 is 0 Å². The Morgan fingerprint density at radius 1 is 1.33 bits per heavy atom. The molecule has 0 aliphatic heterocycles. The molecule has 18 heavy (non-hydrogen) atoms. The Bertz CT molecular complexity index is 599. The van der Waals surface area contributed by atoms with Crippen LogP contribution >= 0.6 is 11.6 Å². The van der Waals surface area contributed by atoms with E-state index < -0.39 is 5.97 Å². The van der Waals surface area contributed by atoms with Crippen molar-refractivity contribution in [1.82, 2.24) is 4.98 Å². The van der Waals surface area contributed by atoms with Crippen molar-refractivity contribution in [3.63, 3.8) is 0 Å². The number of ether oxygens (including phenoxy) is 1. The summed E-state index contributed by atoms with van der Waals surface area (Å²) in [6.45, 7) is 0. The van der Waals surface area contributed by atoms with E-state index in [-0.39, 0.29) is 5.56 Å². The van der Waals surface area contributed by atoms with Gasteiger partial charge in [-0.3, -0.25) is 4.98 Å². The zero-order chi connectivity index (χ0) is 13.1. The average Bonchev–Trinajstić information content (AvgIpc) is 2.39. The van der Waals surface area contributed by atoms with E-state index in [9.17, 15) is 4.79 Å². The molecule has 1 aromatic carbocycles. The second kappa shape index (κ2) is 5.06. The predicted octanol–water partition coefficient (Wildman–Crippen LogP) is 3.11. The molecule has 0 aliphatic carbocycles. The summed E-state index contributed by atoms with van der Waals surface area (Å²) in [6, 6.07) is 6.70. The zero-order valence-corrected chi connectivity index (χ0v) is 10.3. The van der Waals surface area contributed by atoms with E-state index in [2.05, 4.69) is 4.98 Å². The lowest BCUT2D eigenvalue weighted by atomic mass is 10.1. The Kier molecular flexibility index (Phi) is 3.48. The zero-order valence-electron chi connectivity index (χ0n) is 9.55. The molecule has 4 nitrogen and oxygen atoms in total. The Balaban J connectivity index is 2.54. The van der Waals surface area contributed by atoms with Crippen molar-refractivity contribution in [2.75, 3.05) is 7.11 Å². The van der Waals surface area contributed by atoms with Gasteiger partial charge < -0.3 is 9.84 Å². The van der Waals surface area contributed by atoms with Crippen LogP contribution in [0.4, 0.5) is 0 Å². The van der Waals surface area contributed by atoms with Crippen LogP contribution in [0.25, 0.3) is 11.1 Å². The minimum Gasteiger partial charge on any atom is -0.497 e. The molecule has 0 spiro atoms. The number of aromatic nitrogens is 1. The van der Waals surface area contributed by atoms with Crippen LogP contribution < -0.4 is 4.74 Å². The topological polar surface area (TPSA) is 59.4 Å². The van der Waals surface area contributed by atoms with Crippen LogP contribution in [0.15, 0.2) is 36.7 Å². The van der Waals surface area contributed by atoms with Crippen molar-refractivity contribution in [2.24, 2.45) is 0 Å². The molecule has 5 heteroatoms.